The second-order valence-corrected chi connectivity index (χ2v) is 7.36. The summed E-state index contributed by atoms with van der Waals surface area (Å²) >= 11 is 12.0. The maximum atomic E-state index is 12.7. The highest BCUT2D eigenvalue weighted by Crippen LogP contribution is 2.38. The Bertz CT molecular complexity index is 858. The van der Waals surface area contributed by atoms with Gasteiger partial charge in [-0.05, 0) is 48.7 Å². The van der Waals surface area contributed by atoms with Crippen LogP contribution in [0.3, 0.4) is 0 Å². The summed E-state index contributed by atoms with van der Waals surface area (Å²) in [5.41, 5.74) is 1.05. The lowest BCUT2D eigenvalue weighted by molar-refractivity contribution is -0.134. The van der Waals surface area contributed by atoms with Crippen molar-refractivity contribution in [2.75, 3.05) is 26.4 Å². The van der Waals surface area contributed by atoms with Crippen molar-refractivity contribution in [2.24, 2.45) is 0 Å². The Morgan fingerprint density at radius 3 is 2.74 bits per heavy atom. The van der Waals surface area contributed by atoms with Crippen LogP contribution in [0.4, 0.5) is 0 Å². The van der Waals surface area contributed by atoms with Crippen molar-refractivity contribution in [1.29, 1.82) is 0 Å². The average molecular weight is 408 g/mol. The summed E-state index contributed by atoms with van der Waals surface area (Å²) in [5.74, 6) is 1.87. The molecule has 0 aromatic heterocycles. The maximum Gasteiger partial charge on any atom is 0.261 e. The molecule has 142 valence electrons. The Morgan fingerprint density at radius 1 is 1.11 bits per heavy atom. The second kappa shape index (κ2) is 7.87. The molecule has 0 saturated carbocycles. The molecule has 0 N–H and O–H groups in total. The van der Waals surface area contributed by atoms with Gasteiger partial charge in [0.15, 0.2) is 18.1 Å². The van der Waals surface area contributed by atoms with E-state index in [4.69, 9.17) is 37.4 Å². The van der Waals surface area contributed by atoms with Gasteiger partial charge in [-0.3, -0.25) is 4.79 Å². The number of benzene rings is 2. The van der Waals surface area contributed by atoms with Crippen LogP contribution in [0.1, 0.15) is 24.4 Å². The van der Waals surface area contributed by atoms with Gasteiger partial charge in [0.25, 0.3) is 5.91 Å². The second-order valence-electron chi connectivity index (χ2n) is 6.51. The number of fused-ring (bicyclic) bond motifs is 1. The Labute approximate surface area is 167 Å². The van der Waals surface area contributed by atoms with Gasteiger partial charge >= 0.3 is 0 Å². The van der Waals surface area contributed by atoms with Gasteiger partial charge in [0.2, 0.25) is 0 Å². The molecule has 2 aromatic rings. The highest BCUT2D eigenvalue weighted by atomic mass is 35.5. The maximum absolute atomic E-state index is 12.7. The molecular formula is C20H19Cl2NO4. The lowest BCUT2D eigenvalue weighted by atomic mass is 10.0. The fourth-order valence-electron chi connectivity index (χ4n) is 3.49. The Kier molecular flexibility index (Phi) is 5.32. The molecule has 7 heteroatoms. The standard InChI is InChI=1S/C20H19Cl2NO4/c21-14-4-6-17(15(22)11-14)27-12-20(24)23-7-1-2-16(23)13-3-5-18-19(10-13)26-9-8-25-18/h3-6,10-11,16H,1-2,7-9,12H2/t16-/m1/s1. The number of nitrogens with zero attached hydrogens (tertiary/aromatic N) is 1. The smallest absolute Gasteiger partial charge is 0.261 e. The van der Waals surface area contributed by atoms with E-state index >= 15 is 0 Å². The number of carbonyl (C=O) groups is 1. The van der Waals surface area contributed by atoms with Crippen LogP contribution in [0.15, 0.2) is 36.4 Å². The minimum Gasteiger partial charge on any atom is -0.486 e. The predicted molar refractivity (Wildman–Crippen MR) is 103 cm³/mol. The van der Waals surface area contributed by atoms with Crippen molar-refractivity contribution in [3.05, 3.63) is 52.0 Å². The Balaban J connectivity index is 1.45. The summed E-state index contributed by atoms with van der Waals surface area (Å²) in [7, 11) is 0. The summed E-state index contributed by atoms with van der Waals surface area (Å²) in [6, 6.07) is 10.8. The van der Waals surface area contributed by atoms with E-state index in [2.05, 4.69) is 0 Å². The van der Waals surface area contributed by atoms with Crippen LogP contribution in [-0.2, 0) is 4.79 Å². The molecule has 0 radical (unpaired) electrons. The molecule has 0 bridgehead atoms. The zero-order chi connectivity index (χ0) is 18.8. The number of amides is 1. The van der Waals surface area contributed by atoms with Crippen LogP contribution in [0.5, 0.6) is 17.2 Å². The van der Waals surface area contributed by atoms with E-state index in [1.807, 2.05) is 23.1 Å². The van der Waals surface area contributed by atoms with Crippen molar-refractivity contribution in [3.8, 4) is 17.2 Å². The SMILES string of the molecule is O=C(COc1ccc(Cl)cc1Cl)N1CCC[C@@H]1c1ccc2c(c1)OCCO2. The van der Waals surface area contributed by atoms with Crippen LogP contribution >= 0.6 is 23.2 Å². The topological polar surface area (TPSA) is 48.0 Å². The third-order valence-corrected chi connectivity index (χ3v) is 5.30. The lowest BCUT2D eigenvalue weighted by Gasteiger charge is -2.26. The van der Waals surface area contributed by atoms with Crippen molar-refractivity contribution in [3.63, 3.8) is 0 Å². The monoisotopic (exact) mass is 407 g/mol. The number of ether oxygens (including phenoxy) is 3. The molecule has 1 atom stereocenters. The van der Waals surface area contributed by atoms with Gasteiger partial charge in [-0.15, -0.1) is 0 Å². The zero-order valence-electron chi connectivity index (χ0n) is 14.6. The van der Waals surface area contributed by atoms with Crippen molar-refractivity contribution in [1.82, 2.24) is 4.90 Å². The summed E-state index contributed by atoms with van der Waals surface area (Å²) < 4.78 is 16.9. The van der Waals surface area contributed by atoms with Crippen LogP contribution in [0, 0.1) is 0 Å². The van der Waals surface area contributed by atoms with Gasteiger partial charge in [-0.25, -0.2) is 0 Å². The van der Waals surface area contributed by atoms with Gasteiger partial charge in [-0.2, -0.15) is 0 Å². The quantitative estimate of drug-likeness (QED) is 0.747. The normalized spacial score (nSPS) is 18.4. The van der Waals surface area contributed by atoms with Crippen LogP contribution in [-0.4, -0.2) is 37.2 Å². The van der Waals surface area contributed by atoms with E-state index in [0.717, 1.165) is 29.9 Å². The predicted octanol–water partition coefficient (Wildman–Crippen LogP) is 4.51. The van der Waals surface area contributed by atoms with Crippen LogP contribution in [0.2, 0.25) is 10.0 Å². The summed E-state index contributed by atoms with van der Waals surface area (Å²) in [4.78, 5) is 14.6. The minimum absolute atomic E-state index is 0.0117. The lowest BCUT2D eigenvalue weighted by Crippen LogP contribution is -2.34. The molecule has 5 nitrogen and oxygen atoms in total. The van der Waals surface area contributed by atoms with E-state index in [1.54, 1.807) is 18.2 Å². The van der Waals surface area contributed by atoms with E-state index in [1.165, 1.54) is 0 Å². The van der Waals surface area contributed by atoms with Gasteiger partial charge in [0.1, 0.15) is 19.0 Å². The number of hydrogen-bond acceptors (Lipinski definition) is 4. The first kappa shape index (κ1) is 18.3. The highest BCUT2D eigenvalue weighted by molar-refractivity contribution is 6.35. The first-order valence-corrected chi connectivity index (χ1v) is 9.64. The van der Waals surface area contributed by atoms with Gasteiger partial charge in [0, 0.05) is 11.6 Å². The first-order valence-electron chi connectivity index (χ1n) is 8.89. The molecule has 1 amide bonds. The molecular weight excluding hydrogens is 389 g/mol. The summed E-state index contributed by atoms with van der Waals surface area (Å²) in [6.07, 6.45) is 1.86. The molecule has 1 saturated heterocycles. The first-order chi connectivity index (χ1) is 13.1. The van der Waals surface area contributed by atoms with Crippen molar-refractivity contribution < 1.29 is 19.0 Å². The molecule has 1 fully saturated rings. The van der Waals surface area contributed by atoms with E-state index in [0.29, 0.717) is 35.6 Å². The highest BCUT2D eigenvalue weighted by Gasteiger charge is 2.31. The molecule has 0 aliphatic carbocycles. The molecule has 4 rings (SSSR count). The van der Waals surface area contributed by atoms with Crippen molar-refractivity contribution in [2.45, 2.75) is 18.9 Å². The largest absolute Gasteiger partial charge is 0.486 e. The molecule has 2 aliphatic heterocycles. The Hall–Kier alpha value is -2.11. The third-order valence-electron chi connectivity index (χ3n) is 4.77. The van der Waals surface area contributed by atoms with Crippen molar-refractivity contribution >= 4 is 29.1 Å². The summed E-state index contributed by atoms with van der Waals surface area (Å²) in [6.45, 7) is 1.74. The number of likely N-dealkylation sites (tertiary alicyclic amines) is 1. The van der Waals surface area contributed by atoms with Gasteiger partial charge < -0.3 is 19.1 Å². The number of hydrogen-bond donors (Lipinski definition) is 0. The zero-order valence-corrected chi connectivity index (χ0v) is 16.1. The number of halogens is 2. The van der Waals surface area contributed by atoms with E-state index in [-0.39, 0.29) is 18.6 Å². The van der Waals surface area contributed by atoms with Crippen LogP contribution < -0.4 is 14.2 Å². The molecule has 2 aliphatic rings. The molecule has 27 heavy (non-hydrogen) atoms. The average Bonchev–Trinajstić information content (AvgIpc) is 3.16. The van der Waals surface area contributed by atoms with Gasteiger partial charge in [-0.1, -0.05) is 29.3 Å². The fourth-order valence-corrected chi connectivity index (χ4v) is 3.96. The third kappa shape index (κ3) is 3.94. The Morgan fingerprint density at radius 2 is 1.93 bits per heavy atom. The molecule has 0 spiro atoms. The van der Waals surface area contributed by atoms with Gasteiger partial charge in [0.05, 0.1) is 11.1 Å². The molecule has 0 unspecified atom stereocenters. The molecule has 2 aromatic carbocycles. The molecule has 2 heterocycles. The summed E-state index contributed by atoms with van der Waals surface area (Å²) in [5, 5.41) is 0.914. The number of carbonyl (C=O) groups excluding carboxylic acids is 1. The minimum atomic E-state index is -0.0709. The van der Waals surface area contributed by atoms with Crippen LogP contribution in [0.25, 0.3) is 0 Å². The van der Waals surface area contributed by atoms with E-state index < -0.39 is 0 Å². The fraction of sp³-hybridized carbons (Fsp3) is 0.350. The van der Waals surface area contributed by atoms with E-state index in [9.17, 15) is 4.79 Å². The number of rotatable bonds is 4.